The van der Waals surface area contributed by atoms with E-state index in [1.807, 2.05) is 24.6 Å². The Morgan fingerprint density at radius 1 is 1.36 bits per heavy atom. The maximum absolute atomic E-state index is 13.7. The summed E-state index contributed by atoms with van der Waals surface area (Å²) >= 11 is 1.50. The molecule has 1 N–H and O–H groups in total. The Kier molecular flexibility index (Phi) is 6.43. The quantitative estimate of drug-likeness (QED) is 0.687. The van der Waals surface area contributed by atoms with Gasteiger partial charge in [0.1, 0.15) is 5.82 Å². The largest absolute Gasteiger partial charge is 0.336 e. The summed E-state index contributed by atoms with van der Waals surface area (Å²) in [6.45, 7) is 2.28. The fourth-order valence-corrected chi connectivity index (χ4v) is 4.07. The number of thiophene rings is 1. The minimum Gasteiger partial charge on any atom is -0.336 e. The Labute approximate surface area is 172 Å². The van der Waals surface area contributed by atoms with Gasteiger partial charge in [-0.2, -0.15) is 0 Å². The van der Waals surface area contributed by atoms with Crippen molar-refractivity contribution in [2.45, 2.75) is 6.42 Å². The molecule has 1 aliphatic heterocycles. The number of likely N-dealkylation sites (tertiary alicyclic amines) is 1. The normalized spacial score (nSPS) is 16.2. The van der Waals surface area contributed by atoms with Gasteiger partial charge in [0, 0.05) is 13.1 Å². The number of halogens is 2. The predicted molar refractivity (Wildman–Crippen MR) is 110 cm³/mol. The van der Waals surface area contributed by atoms with E-state index in [4.69, 9.17) is 0 Å². The van der Waals surface area contributed by atoms with Gasteiger partial charge in [-0.15, -0.1) is 28.8 Å². The Morgan fingerprint density at radius 2 is 2.21 bits per heavy atom. The third-order valence-electron chi connectivity index (χ3n) is 4.66. The first-order valence-corrected chi connectivity index (χ1v) is 9.74. The molecular formula is C19H21ClFN5OS. The van der Waals surface area contributed by atoms with E-state index in [0.717, 1.165) is 17.8 Å². The first-order chi connectivity index (χ1) is 13.2. The molecular weight excluding hydrogens is 401 g/mol. The van der Waals surface area contributed by atoms with Crippen molar-refractivity contribution in [3.63, 3.8) is 0 Å². The zero-order valence-electron chi connectivity index (χ0n) is 15.3. The molecule has 1 fully saturated rings. The molecule has 0 bridgehead atoms. The zero-order valence-corrected chi connectivity index (χ0v) is 17.0. The van der Waals surface area contributed by atoms with Gasteiger partial charge in [0.05, 0.1) is 10.6 Å². The molecule has 6 nitrogen and oxygen atoms in total. The molecule has 0 spiro atoms. The number of hydrogen-bond acceptors (Lipinski definition) is 5. The number of nitrogens with one attached hydrogen (secondary N) is 1. The molecule has 1 aromatic carbocycles. The van der Waals surface area contributed by atoms with Crippen LogP contribution in [-0.4, -0.2) is 52.3 Å². The lowest BCUT2D eigenvalue weighted by Crippen LogP contribution is -2.31. The van der Waals surface area contributed by atoms with E-state index in [9.17, 15) is 9.18 Å². The van der Waals surface area contributed by atoms with Crippen molar-refractivity contribution >= 4 is 29.7 Å². The van der Waals surface area contributed by atoms with Gasteiger partial charge in [-0.1, -0.05) is 12.1 Å². The van der Waals surface area contributed by atoms with Crippen LogP contribution in [0.4, 0.5) is 4.39 Å². The Balaban J connectivity index is 0.00000225. The minimum atomic E-state index is -0.359. The average molecular weight is 422 g/mol. The molecule has 4 rings (SSSR count). The van der Waals surface area contributed by atoms with Crippen LogP contribution in [0.5, 0.6) is 0 Å². The highest BCUT2D eigenvalue weighted by Crippen LogP contribution is 2.26. The molecule has 3 aromatic rings. The second-order valence-corrected chi connectivity index (χ2v) is 7.54. The summed E-state index contributed by atoms with van der Waals surface area (Å²) in [4.78, 5) is 20.1. The van der Waals surface area contributed by atoms with Crippen molar-refractivity contribution in [3.05, 3.63) is 53.4 Å². The van der Waals surface area contributed by atoms with Crippen LogP contribution in [0, 0.1) is 11.7 Å². The van der Waals surface area contributed by atoms with Crippen LogP contribution in [0.2, 0.25) is 0 Å². The lowest BCUT2D eigenvalue weighted by molar-refractivity contribution is 0.0775. The number of hydrogen-bond donors (Lipinski definition) is 1. The summed E-state index contributed by atoms with van der Waals surface area (Å²) in [5.74, 6) is 0.600. The van der Waals surface area contributed by atoms with Crippen LogP contribution < -0.4 is 5.32 Å². The van der Waals surface area contributed by atoms with E-state index in [1.54, 1.807) is 21.7 Å². The molecule has 1 atom stereocenters. The van der Waals surface area contributed by atoms with Crippen molar-refractivity contribution in [2.24, 2.45) is 5.92 Å². The van der Waals surface area contributed by atoms with Crippen LogP contribution in [0.15, 0.2) is 41.8 Å². The van der Waals surface area contributed by atoms with Gasteiger partial charge in [0.2, 0.25) is 5.82 Å². The molecule has 0 aliphatic carbocycles. The molecule has 0 saturated carbocycles. The summed E-state index contributed by atoms with van der Waals surface area (Å²) in [6, 6.07) is 9.96. The van der Waals surface area contributed by atoms with Crippen LogP contribution >= 0.6 is 23.7 Å². The van der Waals surface area contributed by atoms with Crippen LogP contribution in [0.25, 0.3) is 16.4 Å². The van der Waals surface area contributed by atoms with E-state index in [1.165, 1.54) is 23.5 Å². The first-order valence-electron chi connectivity index (χ1n) is 8.86. The average Bonchev–Trinajstić information content (AvgIpc) is 3.41. The number of carbonyl (C=O) groups excluding carboxylic acids is 1. The number of aromatic nitrogens is 3. The van der Waals surface area contributed by atoms with Crippen LogP contribution in [0.1, 0.15) is 17.0 Å². The molecule has 28 heavy (non-hydrogen) atoms. The fourth-order valence-electron chi connectivity index (χ4n) is 3.37. The lowest BCUT2D eigenvalue weighted by Gasteiger charge is -2.14. The highest BCUT2D eigenvalue weighted by atomic mass is 35.5. The van der Waals surface area contributed by atoms with Crippen LogP contribution in [0.3, 0.4) is 0 Å². The summed E-state index contributed by atoms with van der Waals surface area (Å²) in [5, 5.41) is 9.53. The van der Waals surface area contributed by atoms with Gasteiger partial charge < -0.3 is 10.2 Å². The highest BCUT2D eigenvalue weighted by Gasteiger charge is 2.30. The van der Waals surface area contributed by atoms with E-state index in [0.29, 0.717) is 30.5 Å². The molecule has 9 heteroatoms. The summed E-state index contributed by atoms with van der Waals surface area (Å²) in [5.41, 5.74) is 0.541. The highest BCUT2D eigenvalue weighted by molar-refractivity contribution is 7.13. The monoisotopic (exact) mass is 421 g/mol. The van der Waals surface area contributed by atoms with Crippen molar-refractivity contribution < 1.29 is 9.18 Å². The third kappa shape index (κ3) is 4.09. The molecule has 1 aliphatic rings. The molecule has 1 saturated heterocycles. The van der Waals surface area contributed by atoms with Crippen molar-refractivity contribution in [1.82, 2.24) is 25.0 Å². The molecule has 3 heterocycles. The minimum absolute atomic E-state index is 0. The molecule has 0 radical (unpaired) electrons. The summed E-state index contributed by atoms with van der Waals surface area (Å²) in [6.07, 6.45) is 0.967. The summed E-state index contributed by atoms with van der Waals surface area (Å²) in [7, 11) is 1.92. The smallest absolute Gasteiger partial charge is 0.293 e. The molecule has 1 unspecified atom stereocenters. The second kappa shape index (κ2) is 8.81. The number of rotatable bonds is 5. The number of nitrogens with zero attached hydrogens (tertiary/aromatic N) is 4. The number of carbonyl (C=O) groups is 1. The third-order valence-corrected chi connectivity index (χ3v) is 5.52. The van der Waals surface area contributed by atoms with Crippen molar-refractivity contribution in [3.8, 4) is 16.4 Å². The lowest BCUT2D eigenvalue weighted by atomic mass is 10.1. The zero-order chi connectivity index (χ0) is 18.8. The van der Waals surface area contributed by atoms with E-state index >= 15 is 0 Å². The fraction of sp³-hybridized carbons (Fsp3) is 0.316. The number of benzene rings is 1. The molecule has 2 aromatic heterocycles. The van der Waals surface area contributed by atoms with Crippen molar-refractivity contribution in [1.29, 1.82) is 0 Å². The maximum atomic E-state index is 13.7. The van der Waals surface area contributed by atoms with E-state index < -0.39 is 0 Å². The van der Waals surface area contributed by atoms with Crippen LogP contribution in [-0.2, 0) is 0 Å². The Hall–Kier alpha value is -2.29. The van der Waals surface area contributed by atoms with E-state index in [2.05, 4.69) is 15.4 Å². The van der Waals surface area contributed by atoms with E-state index in [-0.39, 0.29) is 30.0 Å². The predicted octanol–water partition coefficient (Wildman–Crippen LogP) is 3.24. The Bertz CT molecular complexity index is 946. The SMILES string of the molecule is CNCC1CCN(C(=O)c2nc(-c3cccs3)n(-c3cccc(F)c3)n2)C1.Cl. The van der Waals surface area contributed by atoms with Gasteiger partial charge in [-0.3, -0.25) is 4.79 Å². The topological polar surface area (TPSA) is 63.1 Å². The Morgan fingerprint density at radius 3 is 2.93 bits per heavy atom. The van der Waals surface area contributed by atoms with Gasteiger partial charge in [0.25, 0.3) is 5.91 Å². The van der Waals surface area contributed by atoms with Gasteiger partial charge in [-0.05, 0) is 55.6 Å². The molecule has 1 amide bonds. The summed E-state index contributed by atoms with van der Waals surface area (Å²) < 4.78 is 15.3. The van der Waals surface area contributed by atoms with Gasteiger partial charge in [0.15, 0.2) is 5.82 Å². The van der Waals surface area contributed by atoms with Crippen molar-refractivity contribution in [2.75, 3.05) is 26.7 Å². The maximum Gasteiger partial charge on any atom is 0.293 e. The first kappa shape index (κ1) is 20.4. The molecule has 148 valence electrons. The second-order valence-electron chi connectivity index (χ2n) is 6.59. The standard InChI is InChI=1S/C19H20FN5OS.ClH/c1-21-11-13-7-8-24(12-13)19(26)17-22-18(16-6-3-9-27-16)25(23-17)15-5-2-4-14(20)10-15;/h2-6,9-10,13,21H,7-8,11-12H2,1H3;1H. The van der Waals surface area contributed by atoms with Gasteiger partial charge >= 0.3 is 0 Å². The van der Waals surface area contributed by atoms with Gasteiger partial charge in [-0.25, -0.2) is 14.1 Å². The number of amides is 1.